The molecule has 2 fully saturated rings. The first-order valence-corrected chi connectivity index (χ1v) is 12.2. The molecule has 0 aliphatic carbocycles. The van der Waals surface area contributed by atoms with E-state index in [9.17, 15) is 14.7 Å². The predicted molar refractivity (Wildman–Crippen MR) is 129 cm³/mol. The molecule has 182 valence electrons. The van der Waals surface area contributed by atoms with Gasteiger partial charge in [0.15, 0.2) is 0 Å². The van der Waals surface area contributed by atoms with Gasteiger partial charge in [-0.25, -0.2) is 0 Å². The third-order valence-electron chi connectivity index (χ3n) is 6.84. The van der Waals surface area contributed by atoms with Crippen molar-refractivity contribution in [2.75, 3.05) is 26.8 Å². The Morgan fingerprint density at radius 2 is 1.65 bits per heavy atom. The zero-order valence-electron chi connectivity index (χ0n) is 19.8. The molecule has 2 aliphatic heterocycles. The second-order valence-corrected chi connectivity index (χ2v) is 9.03. The van der Waals surface area contributed by atoms with Crippen LogP contribution in [-0.2, 0) is 16.0 Å². The smallest absolute Gasteiger partial charge is 0.245 e. The van der Waals surface area contributed by atoms with Crippen LogP contribution in [0, 0.1) is 0 Å². The molecule has 0 aromatic heterocycles. The largest absolute Gasteiger partial charge is 0.497 e. The molecule has 34 heavy (non-hydrogen) atoms. The molecular weight excluding hydrogens is 432 g/mol. The van der Waals surface area contributed by atoms with E-state index in [2.05, 4.69) is 0 Å². The minimum atomic E-state index is -0.794. The fraction of sp³-hybridized carbons (Fsp3) is 0.481. The van der Waals surface area contributed by atoms with E-state index in [4.69, 9.17) is 9.47 Å². The summed E-state index contributed by atoms with van der Waals surface area (Å²) in [6.45, 7) is 1.32. The second kappa shape index (κ2) is 11.4. The summed E-state index contributed by atoms with van der Waals surface area (Å²) in [5.41, 5.74) is 1.12. The van der Waals surface area contributed by atoms with Crippen molar-refractivity contribution in [3.8, 4) is 11.5 Å². The van der Waals surface area contributed by atoms with Crippen molar-refractivity contribution < 1.29 is 24.2 Å². The van der Waals surface area contributed by atoms with Gasteiger partial charge in [-0.2, -0.15) is 0 Å². The summed E-state index contributed by atoms with van der Waals surface area (Å²) in [7, 11) is 1.60. The number of amides is 2. The summed E-state index contributed by atoms with van der Waals surface area (Å²) in [5, 5.41) is 10.8. The zero-order chi connectivity index (χ0) is 23.9. The van der Waals surface area contributed by atoms with Crippen LogP contribution >= 0.6 is 0 Å². The van der Waals surface area contributed by atoms with E-state index in [1.807, 2.05) is 30.3 Å². The molecule has 2 heterocycles. The Morgan fingerprint density at radius 3 is 2.38 bits per heavy atom. The number of hydrogen-bond acceptors (Lipinski definition) is 5. The summed E-state index contributed by atoms with van der Waals surface area (Å²) >= 11 is 0. The third-order valence-corrected chi connectivity index (χ3v) is 6.84. The molecule has 7 heteroatoms. The first-order chi connectivity index (χ1) is 16.6. The van der Waals surface area contributed by atoms with Gasteiger partial charge in [0, 0.05) is 19.5 Å². The molecule has 2 aromatic carbocycles. The van der Waals surface area contributed by atoms with E-state index in [0.717, 1.165) is 30.6 Å². The van der Waals surface area contributed by atoms with Crippen LogP contribution < -0.4 is 9.47 Å². The van der Waals surface area contributed by atoms with Crippen LogP contribution in [0.1, 0.15) is 37.7 Å². The van der Waals surface area contributed by atoms with Crippen LogP contribution in [0.15, 0.2) is 54.6 Å². The quantitative estimate of drug-likeness (QED) is 0.615. The van der Waals surface area contributed by atoms with Gasteiger partial charge >= 0.3 is 0 Å². The highest BCUT2D eigenvalue weighted by atomic mass is 16.5. The number of likely N-dealkylation sites (tertiary alicyclic amines) is 2. The molecule has 0 saturated carbocycles. The van der Waals surface area contributed by atoms with Gasteiger partial charge in [0.05, 0.1) is 13.2 Å². The van der Waals surface area contributed by atoms with Gasteiger partial charge in [-0.05, 0) is 61.9 Å². The second-order valence-electron chi connectivity index (χ2n) is 9.03. The molecule has 0 bridgehead atoms. The average molecular weight is 467 g/mol. The lowest BCUT2D eigenvalue weighted by Gasteiger charge is -2.33. The number of aryl methyl sites for hydroxylation is 1. The Labute approximate surface area is 201 Å². The van der Waals surface area contributed by atoms with Gasteiger partial charge in [0.25, 0.3) is 0 Å². The fourth-order valence-corrected chi connectivity index (χ4v) is 4.98. The molecule has 7 nitrogen and oxygen atoms in total. The van der Waals surface area contributed by atoms with Gasteiger partial charge in [-0.15, -0.1) is 0 Å². The van der Waals surface area contributed by atoms with E-state index >= 15 is 0 Å². The number of methoxy groups -OCH3 is 1. The van der Waals surface area contributed by atoms with E-state index in [1.165, 1.54) is 0 Å². The van der Waals surface area contributed by atoms with Crippen LogP contribution in [0.2, 0.25) is 0 Å². The van der Waals surface area contributed by atoms with E-state index in [1.54, 1.807) is 41.2 Å². The SMILES string of the molecule is COc1ccc(OCC(O)[C@@H]2CCCN2C(=O)[C@@H]2CCCN2C(=O)CCc2ccccc2)cc1. The molecule has 2 saturated heterocycles. The maximum atomic E-state index is 13.5. The van der Waals surface area contributed by atoms with Gasteiger partial charge < -0.3 is 24.4 Å². The van der Waals surface area contributed by atoms with E-state index < -0.39 is 12.1 Å². The minimum absolute atomic E-state index is 0.0267. The molecule has 3 atom stereocenters. The van der Waals surface area contributed by atoms with Gasteiger partial charge in [-0.1, -0.05) is 30.3 Å². The van der Waals surface area contributed by atoms with Crippen LogP contribution in [0.5, 0.6) is 11.5 Å². The molecule has 2 aromatic rings. The topological polar surface area (TPSA) is 79.3 Å². The van der Waals surface area contributed by atoms with Crippen molar-refractivity contribution in [1.29, 1.82) is 0 Å². The predicted octanol–water partition coefficient (Wildman–Crippen LogP) is 3.05. The lowest BCUT2D eigenvalue weighted by Crippen LogP contribution is -2.52. The van der Waals surface area contributed by atoms with E-state index in [-0.39, 0.29) is 24.5 Å². The molecule has 4 rings (SSSR count). The first-order valence-electron chi connectivity index (χ1n) is 12.2. The van der Waals surface area contributed by atoms with E-state index in [0.29, 0.717) is 38.1 Å². The van der Waals surface area contributed by atoms with Gasteiger partial charge in [0.2, 0.25) is 11.8 Å². The number of carbonyl (C=O) groups excluding carboxylic acids is 2. The van der Waals surface area contributed by atoms with Crippen LogP contribution in [0.4, 0.5) is 0 Å². The van der Waals surface area contributed by atoms with Gasteiger partial charge in [0.1, 0.15) is 30.3 Å². The summed E-state index contributed by atoms with van der Waals surface area (Å²) in [5.74, 6) is 1.36. The van der Waals surface area contributed by atoms with Crippen molar-refractivity contribution >= 4 is 11.8 Å². The Hall–Kier alpha value is -3.06. The molecular formula is C27H34N2O5. The molecule has 0 spiro atoms. The number of aliphatic hydroxyl groups excluding tert-OH is 1. The Kier molecular flexibility index (Phi) is 8.06. The van der Waals surface area contributed by atoms with Crippen molar-refractivity contribution in [3.05, 3.63) is 60.2 Å². The van der Waals surface area contributed by atoms with Crippen LogP contribution in [-0.4, -0.2) is 71.7 Å². The maximum Gasteiger partial charge on any atom is 0.245 e. The summed E-state index contributed by atoms with van der Waals surface area (Å²) in [6, 6.07) is 16.4. The molecule has 2 aliphatic rings. The number of nitrogens with zero attached hydrogens (tertiary/aromatic N) is 2. The molecule has 1 N–H and O–H groups in total. The Bertz CT molecular complexity index is 949. The zero-order valence-corrected chi connectivity index (χ0v) is 19.8. The number of benzene rings is 2. The molecule has 1 unspecified atom stereocenters. The van der Waals surface area contributed by atoms with Crippen molar-refractivity contribution in [3.63, 3.8) is 0 Å². The van der Waals surface area contributed by atoms with Crippen molar-refractivity contribution in [2.24, 2.45) is 0 Å². The van der Waals surface area contributed by atoms with Crippen LogP contribution in [0.3, 0.4) is 0 Å². The lowest BCUT2D eigenvalue weighted by atomic mass is 10.1. The normalized spacial score (nSPS) is 20.9. The fourth-order valence-electron chi connectivity index (χ4n) is 4.98. The average Bonchev–Trinajstić information content (AvgIpc) is 3.57. The summed E-state index contributed by atoms with van der Waals surface area (Å²) in [6.07, 6.45) is 3.35. The van der Waals surface area contributed by atoms with Crippen LogP contribution in [0.25, 0.3) is 0 Å². The highest BCUT2D eigenvalue weighted by Crippen LogP contribution is 2.27. The maximum absolute atomic E-state index is 13.5. The summed E-state index contributed by atoms with van der Waals surface area (Å²) in [4.78, 5) is 29.9. The van der Waals surface area contributed by atoms with Crippen molar-refractivity contribution in [1.82, 2.24) is 9.80 Å². The number of ether oxygens (including phenoxy) is 2. The lowest BCUT2D eigenvalue weighted by molar-refractivity contribution is -0.146. The standard InChI is InChI=1S/C27H34N2O5/c1-33-21-12-14-22(15-13-21)34-19-25(30)23-9-5-18-29(23)27(32)24-10-6-17-28(24)26(31)16-11-20-7-3-2-4-8-20/h2-4,7-8,12-15,23-25,30H,5-6,9-11,16-19H2,1H3/t23-,24-,25?/m0/s1. The monoisotopic (exact) mass is 466 g/mol. The van der Waals surface area contributed by atoms with Crippen molar-refractivity contribution in [2.45, 2.75) is 56.7 Å². The first kappa shape index (κ1) is 24.1. The Balaban J connectivity index is 1.33. The molecule has 0 radical (unpaired) electrons. The molecule has 2 amide bonds. The van der Waals surface area contributed by atoms with Gasteiger partial charge in [-0.3, -0.25) is 9.59 Å². The Morgan fingerprint density at radius 1 is 0.971 bits per heavy atom. The minimum Gasteiger partial charge on any atom is -0.497 e. The highest BCUT2D eigenvalue weighted by molar-refractivity contribution is 5.88. The summed E-state index contributed by atoms with van der Waals surface area (Å²) < 4.78 is 10.9. The third kappa shape index (κ3) is 5.70. The number of aliphatic hydroxyl groups is 1. The highest BCUT2D eigenvalue weighted by Gasteiger charge is 2.41. The number of hydrogen-bond donors (Lipinski definition) is 1. The number of rotatable bonds is 9. The number of carbonyl (C=O) groups is 2.